The number of urea groups is 1. The van der Waals surface area contributed by atoms with Gasteiger partial charge < -0.3 is 46.2 Å². The Morgan fingerprint density at radius 2 is 1.40 bits per heavy atom. The SMILES string of the molecule is CC(C)C(NC(=O)OC(C)(C)C)C(=O)NC(CCCNC(N)=O)C(=O)Nc1ccc(CO[Si](c2ccccc2)(c2ccccc2)C(C)(C)C)c(CN(C)C(=O)O)c1. The van der Waals surface area contributed by atoms with E-state index in [1.165, 1.54) is 7.05 Å². The van der Waals surface area contributed by atoms with E-state index in [1.54, 1.807) is 46.8 Å². The first kappa shape index (κ1) is 46.0. The van der Waals surface area contributed by atoms with E-state index < -0.39 is 56.0 Å². The Morgan fingerprint density at radius 1 is 0.825 bits per heavy atom. The molecular weight excluding hydrogens is 745 g/mol. The lowest BCUT2D eigenvalue weighted by Crippen LogP contribution is -2.66. The summed E-state index contributed by atoms with van der Waals surface area (Å²) in [5.74, 6) is -1.51. The molecule has 0 aliphatic carbocycles. The molecule has 0 radical (unpaired) electrons. The molecule has 15 heteroatoms. The molecule has 2 unspecified atom stereocenters. The second-order valence-electron chi connectivity index (χ2n) is 16.4. The van der Waals surface area contributed by atoms with Gasteiger partial charge in [-0.05, 0) is 78.2 Å². The molecule has 0 aliphatic rings. The molecule has 6 amide bonds. The highest BCUT2D eigenvalue weighted by Crippen LogP contribution is 2.37. The molecule has 2 atom stereocenters. The molecule has 0 fully saturated rings. The minimum Gasteiger partial charge on any atom is -0.465 e. The third kappa shape index (κ3) is 13.3. The fourth-order valence-electron chi connectivity index (χ4n) is 6.51. The zero-order valence-corrected chi connectivity index (χ0v) is 35.6. The van der Waals surface area contributed by atoms with E-state index >= 15 is 0 Å². The Kier molecular flexibility index (Phi) is 16.2. The number of carbonyl (C=O) groups is 5. The van der Waals surface area contributed by atoms with Crippen molar-refractivity contribution < 1.29 is 38.2 Å². The lowest BCUT2D eigenvalue weighted by atomic mass is 10.0. The fourth-order valence-corrected chi connectivity index (χ4v) is 11.0. The first-order valence-electron chi connectivity index (χ1n) is 19.1. The van der Waals surface area contributed by atoms with Crippen LogP contribution in [0.5, 0.6) is 0 Å². The van der Waals surface area contributed by atoms with Gasteiger partial charge in [-0.25, -0.2) is 14.4 Å². The van der Waals surface area contributed by atoms with Gasteiger partial charge in [-0.2, -0.15) is 0 Å². The van der Waals surface area contributed by atoms with E-state index in [9.17, 15) is 29.1 Å². The van der Waals surface area contributed by atoms with Gasteiger partial charge in [0.05, 0.1) is 6.61 Å². The number of amides is 6. The summed E-state index contributed by atoms with van der Waals surface area (Å²) in [7, 11) is -1.50. The van der Waals surface area contributed by atoms with E-state index in [0.29, 0.717) is 17.7 Å². The van der Waals surface area contributed by atoms with Crippen molar-refractivity contribution in [3.63, 3.8) is 0 Å². The summed E-state index contributed by atoms with van der Waals surface area (Å²) in [6, 6.07) is 22.7. The van der Waals surface area contributed by atoms with Gasteiger partial charge in [-0.1, -0.05) is 101 Å². The number of carbonyl (C=O) groups excluding carboxylic acids is 4. The average Bonchev–Trinajstić information content (AvgIpc) is 3.12. The van der Waals surface area contributed by atoms with Gasteiger partial charge in [0.2, 0.25) is 11.8 Å². The number of primary amides is 1. The summed E-state index contributed by atoms with van der Waals surface area (Å²) in [5.41, 5.74) is 6.15. The first-order valence-corrected chi connectivity index (χ1v) is 21.0. The van der Waals surface area contributed by atoms with Crippen LogP contribution < -0.4 is 37.4 Å². The fraction of sp³-hybridized carbons (Fsp3) is 0.452. The van der Waals surface area contributed by atoms with Gasteiger partial charge in [-0.15, -0.1) is 0 Å². The van der Waals surface area contributed by atoms with Crippen molar-refractivity contribution in [2.24, 2.45) is 11.7 Å². The monoisotopic (exact) mass is 804 g/mol. The number of rotatable bonds is 17. The van der Waals surface area contributed by atoms with Crippen LogP contribution in [0.3, 0.4) is 0 Å². The number of carboxylic acid groups (broad SMARTS) is 1. The van der Waals surface area contributed by atoms with Gasteiger partial charge >= 0.3 is 18.2 Å². The molecule has 0 heterocycles. The molecule has 0 saturated heterocycles. The molecule has 14 nitrogen and oxygen atoms in total. The molecule has 310 valence electrons. The number of hydrogen-bond donors (Lipinski definition) is 6. The molecule has 7 N–H and O–H groups in total. The van der Waals surface area contributed by atoms with Crippen LogP contribution in [-0.2, 0) is 31.9 Å². The standard InChI is InChI=1S/C42H60N6O8Si/c1-28(2)35(47-39(52)56-41(3,4)5)37(50)46-34(21-16-24-44-38(43)51)36(49)45-31-23-22-29(30(25-31)26-48(9)40(53)54)27-55-57(42(6,7)8,32-17-12-10-13-18-32)33-19-14-11-15-20-33/h10-15,17-20,22-23,25,28,34-35H,16,21,24,26-27H2,1-9H3,(H,45,49)(H,46,50)(H,47,52)(H,53,54)(H3,43,44,51). The predicted molar refractivity (Wildman–Crippen MR) is 224 cm³/mol. The van der Waals surface area contributed by atoms with Crippen LogP contribution in [0.4, 0.5) is 20.1 Å². The predicted octanol–water partition coefficient (Wildman–Crippen LogP) is 5.29. The summed E-state index contributed by atoms with van der Waals surface area (Å²) in [4.78, 5) is 64.6. The molecular formula is C42H60N6O8Si. The van der Waals surface area contributed by atoms with Crippen molar-refractivity contribution in [1.82, 2.24) is 20.9 Å². The molecule has 3 aromatic rings. The highest BCUT2D eigenvalue weighted by atomic mass is 28.4. The summed E-state index contributed by atoms with van der Waals surface area (Å²) in [5, 5.41) is 22.4. The van der Waals surface area contributed by atoms with Crippen molar-refractivity contribution in [2.45, 2.75) is 104 Å². The smallest absolute Gasteiger partial charge is 0.408 e. The molecule has 57 heavy (non-hydrogen) atoms. The topological polar surface area (TPSA) is 201 Å². The van der Waals surface area contributed by atoms with Crippen LogP contribution in [0.1, 0.15) is 79.4 Å². The van der Waals surface area contributed by atoms with Crippen molar-refractivity contribution in [3.05, 3.63) is 90.0 Å². The van der Waals surface area contributed by atoms with Crippen LogP contribution in [0.15, 0.2) is 78.9 Å². The third-order valence-corrected chi connectivity index (χ3v) is 14.3. The maximum Gasteiger partial charge on any atom is 0.408 e. The van der Waals surface area contributed by atoms with E-state index in [4.69, 9.17) is 14.9 Å². The normalized spacial score (nSPS) is 12.9. The second kappa shape index (κ2) is 20.1. The van der Waals surface area contributed by atoms with E-state index in [1.807, 2.05) is 42.5 Å². The number of nitrogens with one attached hydrogen (secondary N) is 4. The summed E-state index contributed by atoms with van der Waals surface area (Å²) < 4.78 is 12.5. The number of hydrogen-bond acceptors (Lipinski definition) is 7. The van der Waals surface area contributed by atoms with Gasteiger partial charge in [0, 0.05) is 25.8 Å². The quantitative estimate of drug-likeness (QED) is 0.0780. The highest BCUT2D eigenvalue weighted by Gasteiger charge is 2.50. The van der Waals surface area contributed by atoms with Crippen molar-refractivity contribution in [3.8, 4) is 0 Å². The lowest BCUT2D eigenvalue weighted by Gasteiger charge is -2.43. The Bertz CT molecular complexity index is 1790. The molecule has 0 aromatic heterocycles. The van der Waals surface area contributed by atoms with E-state index in [2.05, 4.69) is 66.3 Å². The Morgan fingerprint density at radius 3 is 1.89 bits per heavy atom. The molecule has 0 aliphatic heterocycles. The van der Waals surface area contributed by atoms with Crippen LogP contribution in [0, 0.1) is 5.92 Å². The Hall–Kier alpha value is -5.41. The molecule has 0 spiro atoms. The zero-order valence-electron chi connectivity index (χ0n) is 34.6. The van der Waals surface area contributed by atoms with Crippen LogP contribution in [0.2, 0.25) is 5.04 Å². The van der Waals surface area contributed by atoms with Crippen molar-refractivity contribution in [1.29, 1.82) is 0 Å². The van der Waals surface area contributed by atoms with E-state index in [-0.39, 0.29) is 37.1 Å². The minimum absolute atomic E-state index is 0.00381. The van der Waals surface area contributed by atoms with E-state index in [0.717, 1.165) is 20.8 Å². The number of benzene rings is 3. The number of ether oxygens (including phenoxy) is 1. The Balaban J connectivity index is 1.97. The summed E-state index contributed by atoms with van der Waals surface area (Å²) in [6.45, 7) is 15.5. The largest absolute Gasteiger partial charge is 0.465 e. The van der Waals surface area contributed by atoms with Gasteiger partial charge in [0.1, 0.15) is 17.7 Å². The van der Waals surface area contributed by atoms with Gasteiger partial charge in [0.25, 0.3) is 8.32 Å². The highest BCUT2D eigenvalue weighted by molar-refractivity contribution is 6.99. The van der Waals surface area contributed by atoms with Crippen molar-refractivity contribution >= 4 is 54.4 Å². The first-order chi connectivity index (χ1) is 26.6. The molecule has 0 bridgehead atoms. The summed E-state index contributed by atoms with van der Waals surface area (Å²) in [6.07, 6.45) is -1.50. The number of nitrogens with two attached hydrogens (primary N) is 1. The van der Waals surface area contributed by atoms with Gasteiger partial charge in [-0.3, -0.25) is 9.59 Å². The lowest BCUT2D eigenvalue weighted by molar-refractivity contribution is -0.128. The minimum atomic E-state index is -2.96. The molecule has 3 rings (SSSR count). The van der Waals surface area contributed by atoms with Gasteiger partial charge in [0.15, 0.2) is 0 Å². The molecule has 0 saturated carbocycles. The Labute approximate surface area is 337 Å². The molecule has 3 aromatic carbocycles. The van der Waals surface area contributed by atoms with Crippen LogP contribution in [0.25, 0.3) is 0 Å². The van der Waals surface area contributed by atoms with Crippen molar-refractivity contribution in [2.75, 3.05) is 18.9 Å². The second-order valence-corrected chi connectivity index (χ2v) is 20.7. The number of alkyl carbamates (subject to hydrolysis) is 1. The average molecular weight is 805 g/mol. The van der Waals surface area contributed by atoms with Crippen LogP contribution in [-0.4, -0.2) is 79.6 Å². The maximum atomic E-state index is 13.9. The number of nitrogens with zero attached hydrogens (tertiary/aromatic N) is 1. The third-order valence-electron chi connectivity index (χ3n) is 9.29. The maximum absolute atomic E-state index is 13.9. The summed E-state index contributed by atoms with van der Waals surface area (Å²) >= 11 is 0. The van der Waals surface area contributed by atoms with Crippen LogP contribution >= 0.6 is 0 Å². The number of anilines is 1. The zero-order chi connectivity index (χ0) is 42.6.